The molecule has 0 fully saturated rings. The van der Waals surface area contributed by atoms with Crippen LogP contribution >= 0.6 is 11.6 Å². The van der Waals surface area contributed by atoms with Crippen molar-refractivity contribution in [3.05, 3.63) is 64.2 Å². The third-order valence-electron chi connectivity index (χ3n) is 3.44. The number of rotatable bonds is 4. The van der Waals surface area contributed by atoms with Gasteiger partial charge in [-0.1, -0.05) is 35.9 Å². The second-order valence-electron chi connectivity index (χ2n) is 4.73. The van der Waals surface area contributed by atoms with E-state index in [4.69, 9.17) is 17.3 Å². The molecule has 0 amide bonds. The fourth-order valence-electron chi connectivity index (χ4n) is 2.07. The normalized spacial score (nSPS) is 12.2. The van der Waals surface area contributed by atoms with Crippen LogP contribution in [0, 0.1) is 13.8 Å². The molecule has 0 spiro atoms. The van der Waals surface area contributed by atoms with Crippen molar-refractivity contribution >= 4 is 17.3 Å². The van der Waals surface area contributed by atoms with E-state index >= 15 is 0 Å². The van der Waals surface area contributed by atoms with E-state index in [1.807, 2.05) is 24.3 Å². The molecule has 0 saturated heterocycles. The van der Waals surface area contributed by atoms with Crippen molar-refractivity contribution in [1.29, 1.82) is 0 Å². The van der Waals surface area contributed by atoms with Crippen LogP contribution in [-0.4, -0.2) is 6.54 Å². The number of nitrogens with two attached hydrogens (primary N) is 1. The van der Waals surface area contributed by atoms with Crippen molar-refractivity contribution in [3.63, 3.8) is 0 Å². The summed E-state index contributed by atoms with van der Waals surface area (Å²) >= 11 is 5.91. The maximum Gasteiger partial charge on any atom is 0.0636 e. The van der Waals surface area contributed by atoms with Crippen LogP contribution in [0.25, 0.3) is 0 Å². The molecule has 19 heavy (non-hydrogen) atoms. The lowest BCUT2D eigenvalue weighted by molar-refractivity contribution is 0.788. The molecular formula is C16H19ClN2. The van der Waals surface area contributed by atoms with Crippen LogP contribution in [0.4, 0.5) is 5.69 Å². The third kappa shape index (κ3) is 3.28. The monoisotopic (exact) mass is 274 g/mol. The molecule has 100 valence electrons. The minimum absolute atomic E-state index is 0.0952. The first-order valence-electron chi connectivity index (χ1n) is 6.40. The van der Waals surface area contributed by atoms with Crippen LogP contribution < -0.4 is 11.1 Å². The van der Waals surface area contributed by atoms with Gasteiger partial charge in [0, 0.05) is 17.3 Å². The quantitative estimate of drug-likeness (QED) is 0.882. The Hall–Kier alpha value is -1.51. The Bertz CT molecular complexity index is 549. The van der Waals surface area contributed by atoms with Crippen LogP contribution in [0.3, 0.4) is 0 Å². The molecular weight excluding hydrogens is 256 g/mol. The molecule has 0 aromatic heterocycles. The maximum atomic E-state index is 5.91. The molecule has 1 atom stereocenters. The van der Waals surface area contributed by atoms with Gasteiger partial charge in [0.15, 0.2) is 0 Å². The number of aryl methyl sites for hydroxylation is 1. The van der Waals surface area contributed by atoms with Crippen molar-refractivity contribution in [1.82, 2.24) is 0 Å². The lowest BCUT2D eigenvalue weighted by Gasteiger charge is -2.21. The average Bonchev–Trinajstić information content (AvgIpc) is 2.42. The summed E-state index contributed by atoms with van der Waals surface area (Å²) in [6.07, 6.45) is 0. The van der Waals surface area contributed by atoms with Crippen molar-refractivity contribution in [2.75, 3.05) is 11.9 Å². The number of hydrogen-bond acceptors (Lipinski definition) is 2. The second kappa shape index (κ2) is 6.09. The molecule has 0 heterocycles. The van der Waals surface area contributed by atoms with Gasteiger partial charge in [-0.2, -0.15) is 0 Å². The van der Waals surface area contributed by atoms with E-state index < -0.39 is 0 Å². The molecule has 1 unspecified atom stereocenters. The van der Waals surface area contributed by atoms with Crippen LogP contribution in [0.5, 0.6) is 0 Å². The molecule has 3 heteroatoms. The van der Waals surface area contributed by atoms with E-state index in [1.165, 1.54) is 11.1 Å². The predicted octanol–water partition coefficient (Wildman–Crippen LogP) is 4.07. The summed E-state index contributed by atoms with van der Waals surface area (Å²) in [5, 5.41) is 4.25. The van der Waals surface area contributed by atoms with Gasteiger partial charge in [-0.25, -0.2) is 0 Å². The first kappa shape index (κ1) is 13.9. The van der Waals surface area contributed by atoms with E-state index in [1.54, 1.807) is 0 Å². The summed E-state index contributed by atoms with van der Waals surface area (Å²) < 4.78 is 0. The first-order valence-corrected chi connectivity index (χ1v) is 6.78. The highest BCUT2D eigenvalue weighted by atomic mass is 35.5. The number of anilines is 1. The van der Waals surface area contributed by atoms with Gasteiger partial charge in [-0.05, 0) is 48.7 Å². The molecule has 0 bridgehead atoms. The zero-order valence-electron chi connectivity index (χ0n) is 11.3. The van der Waals surface area contributed by atoms with Gasteiger partial charge in [0.25, 0.3) is 0 Å². The van der Waals surface area contributed by atoms with E-state index in [2.05, 4.69) is 37.4 Å². The van der Waals surface area contributed by atoms with Gasteiger partial charge >= 0.3 is 0 Å². The maximum absolute atomic E-state index is 5.91. The summed E-state index contributed by atoms with van der Waals surface area (Å²) in [5.74, 6) is 0. The highest BCUT2D eigenvalue weighted by Gasteiger charge is 2.11. The number of hydrogen-bond donors (Lipinski definition) is 2. The van der Waals surface area contributed by atoms with Crippen molar-refractivity contribution < 1.29 is 0 Å². The van der Waals surface area contributed by atoms with Crippen LogP contribution in [0.1, 0.15) is 22.7 Å². The standard InChI is InChI=1S/C16H19ClN2/c1-11-4-3-5-15(12(11)2)19-16(10-18)13-6-8-14(17)9-7-13/h3-9,16,19H,10,18H2,1-2H3. The fourth-order valence-corrected chi connectivity index (χ4v) is 2.19. The van der Waals surface area contributed by atoms with Gasteiger partial charge in [0.05, 0.1) is 6.04 Å². The minimum Gasteiger partial charge on any atom is -0.377 e. The highest BCUT2D eigenvalue weighted by Crippen LogP contribution is 2.24. The molecule has 2 aromatic carbocycles. The lowest BCUT2D eigenvalue weighted by atomic mass is 10.0. The van der Waals surface area contributed by atoms with Gasteiger partial charge < -0.3 is 11.1 Å². The number of benzene rings is 2. The number of nitrogens with one attached hydrogen (secondary N) is 1. The van der Waals surface area contributed by atoms with Gasteiger partial charge in [-0.15, -0.1) is 0 Å². The lowest BCUT2D eigenvalue weighted by Crippen LogP contribution is -2.21. The molecule has 0 aliphatic rings. The SMILES string of the molecule is Cc1cccc(NC(CN)c2ccc(Cl)cc2)c1C. The Morgan fingerprint density at radius 3 is 2.42 bits per heavy atom. The molecule has 0 aliphatic heterocycles. The van der Waals surface area contributed by atoms with E-state index in [-0.39, 0.29) is 6.04 Å². The summed E-state index contributed by atoms with van der Waals surface area (Å²) in [5.41, 5.74) is 10.7. The van der Waals surface area contributed by atoms with Crippen LogP contribution in [0.2, 0.25) is 5.02 Å². The van der Waals surface area contributed by atoms with E-state index in [9.17, 15) is 0 Å². The molecule has 2 nitrogen and oxygen atoms in total. The van der Waals surface area contributed by atoms with Crippen LogP contribution in [-0.2, 0) is 0 Å². The van der Waals surface area contributed by atoms with E-state index in [0.717, 1.165) is 16.3 Å². The van der Waals surface area contributed by atoms with Gasteiger partial charge in [0.1, 0.15) is 0 Å². The molecule has 3 N–H and O–H groups in total. The second-order valence-corrected chi connectivity index (χ2v) is 5.17. The fraction of sp³-hybridized carbons (Fsp3) is 0.250. The largest absolute Gasteiger partial charge is 0.377 e. The Morgan fingerprint density at radius 1 is 1.11 bits per heavy atom. The Labute approximate surface area is 119 Å². The smallest absolute Gasteiger partial charge is 0.0636 e. The molecule has 2 aromatic rings. The van der Waals surface area contributed by atoms with E-state index in [0.29, 0.717) is 6.54 Å². The Balaban J connectivity index is 2.24. The van der Waals surface area contributed by atoms with Gasteiger partial charge in [-0.3, -0.25) is 0 Å². The average molecular weight is 275 g/mol. The molecule has 0 radical (unpaired) electrons. The molecule has 0 aliphatic carbocycles. The van der Waals surface area contributed by atoms with Gasteiger partial charge in [0.2, 0.25) is 0 Å². The molecule has 2 rings (SSSR count). The summed E-state index contributed by atoms with van der Waals surface area (Å²) in [7, 11) is 0. The van der Waals surface area contributed by atoms with Crippen LogP contribution in [0.15, 0.2) is 42.5 Å². The predicted molar refractivity (Wildman–Crippen MR) is 82.8 cm³/mol. The van der Waals surface area contributed by atoms with Crippen molar-refractivity contribution in [2.45, 2.75) is 19.9 Å². The zero-order chi connectivity index (χ0) is 13.8. The first-order chi connectivity index (χ1) is 9.11. The highest BCUT2D eigenvalue weighted by molar-refractivity contribution is 6.30. The Morgan fingerprint density at radius 2 is 1.79 bits per heavy atom. The summed E-state index contributed by atoms with van der Waals surface area (Å²) in [6.45, 7) is 4.77. The summed E-state index contributed by atoms with van der Waals surface area (Å²) in [4.78, 5) is 0. The molecule has 0 saturated carbocycles. The summed E-state index contributed by atoms with van der Waals surface area (Å²) in [6, 6.07) is 14.2. The Kier molecular flexibility index (Phi) is 4.46. The third-order valence-corrected chi connectivity index (χ3v) is 3.69. The topological polar surface area (TPSA) is 38.0 Å². The minimum atomic E-state index is 0.0952. The zero-order valence-corrected chi connectivity index (χ0v) is 12.0. The van der Waals surface area contributed by atoms with Crippen molar-refractivity contribution in [3.8, 4) is 0 Å². The van der Waals surface area contributed by atoms with Crippen molar-refractivity contribution in [2.24, 2.45) is 5.73 Å². The number of halogens is 1.